The summed E-state index contributed by atoms with van der Waals surface area (Å²) in [6.07, 6.45) is 1.41. The predicted octanol–water partition coefficient (Wildman–Crippen LogP) is 1.82. The van der Waals surface area contributed by atoms with Crippen molar-refractivity contribution >= 4 is 16.8 Å². The first-order valence-corrected chi connectivity index (χ1v) is 9.01. The largest absolute Gasteiger partial charge is 0.497 e. The lowest BCUT2D eigenvalue weighted by Gasteiger charge is -2.25. The minimum atomic E-state index is -0.242. The van der Waals surface area contributed by atoms with Crippen LogP contribution in [-0.2, 0) is 11.3 Å². The van der Waals surface area contributed by atoms with Gasteiger partial charge in [0.05, 0.1) is 30.4 Å². The molecule has 0 unspecified atom stereocenters. The minimum Gasteiger partial charge on any atom is -0.497 e. The smallest absolute Gasteiger partial charge is 0.261 e. The Bertz CT molecular complexity index is 1030. The fraction of sp³-hybridized carbons (Fsp3) is 0.286. The first-order chi connectivity index (χ1) is 13.5. The minimum absolute atomic E-state index is 0.0227. The number of aromatic nitrogens is 2. The number of para-hydroxylation sites is 1. The van der Waals surface area contributed by atoms with E-state index in [0.29, 0.717) is 17.4 Å². The third kappa shape index (κ3) is 4.37. The van der Waals surface area contributed by atoms with Gasteiger partial charge in [0.25, 0.3) is 5.56 Å². The Balaban J connectivity index is 1.70. The second-order valence-electron chi connectivity index (χ2n) is 6.75. The molecule has 0 saturated carbocycles. The van der Waals surface area contributed by atoms with E-state index in [2.05, 4.69) is 10.3 Å². The van der Waals surface area contributed by atoms with E-state index in [1.54, 1.807) is 25.3 Å². The average molecular weight is 380 g/mol. The topological polar surface area (TPSA) is 76.5 Å². The van der Waals surface area contributed by atoms with Gasteiger partial charge in [-0.3, -0.25) is 14.2 Å². The fourth-order valence-corrected chi connectivity index (χ4v) is 3.09. The van der Waals surface area contributed by atoms with Gasteiger partial charge in [-0.15, -0.1) is 0 Å². The molecule has 0 aliphatic rings. The van der Waals surface area contributed by atoms with Crippen molar-refractivity contribution in [1.82, 2.24) is 19.8 Å². The molecule has 0 bridgehead atoms. The Morgan fingerprint density at radius 1 is 1.21 bits per heavy atom. The quantitative estimate of drug-likeness (QED) is 0.677. The molecular formula is C21H24N4O3. The van der Waals surface area contributed by atoms with Gasteiger partial charge in [-0.25, -0.2) is 4.98 Å². The lowest BCUT2D eigenvalue weighted by molar-refractivity contribution is -0.121. The molecule has 3 rings (SSSR count). The van der Waals surface area contributed by atoms with Crippen molar-refractivity contribution in [3.05, 3.63) is 70.8 Å². The van der Waals surface area contributed by atoms with Crippen LogP contribution in [0, 0.1) is 0 Å². The number of nitrogens with one attached hydrogen (secondary N) is 1. The van der Waals surface area contributed by atoms with Crippen LogP contribution in [0.2, 0.25) is 0 Å². The summed E-state index contributed by atoms with van der Waals surface area (Å²) in [5.41, 5.74) is 1.43. The summed E-state index contributed by atoms with van der Waals surface area (Å²) in [4.78, 5) is 31.2. The molecular weight excluding hydrogens is 356 g/mol. The molecule has 0 spiro atoms. The van der Waals surface area contributed by atoms with Crippen molar-refractivity contribution in [2.75, 3.05) is 27.7 Å². The van der Waals surface area contributed by atoms with Crippen molar-refractivity contribution in [3.63, 3.8) is 0 Å². The Kier molecular flexibility index (Phi) is 6.06. The summed E-state index contributed by atoms with van der Waals surface area (Å²) >= 11 is 0. The van der Waals surface area contributed by atoms with Crippen molar-refractivity contribution < 1.29 is 9.53 Å². The highest BCUT2D eigenvalue weighted by Crippen LogP contribution is 2.22. The number of benzene rings is 2. The monoisotopic (exact) mass is 380 g/mol. The third-order valence-corrected chi connectivity index (χ3v) is 4.64. The zero-order valence-electron chi connectivity index (χ0n) is 16.3. The number of rotatable bonds is 7. The van der Waals surface area contributed by atoms with E-state index in [9.17, 15) is 9.59 Å². The first-order valence-electron chi connectivity index (χ1n) is 9.01. The zero-order chi connectivity index (χ0) is 20.1. The number of likely N-dealkylation sites (N-methyl/N-ethyl adjacent to an activating group) is 1. The van der Waals surface area contributed by atoms with Gasteiger partial charge >= 0.3 is 0 Å². The molecule has 1 aromatic heterocycles. The number of carbonyl (C=O) groups is 1. The molecule has 3 aromatic rings. The molecule has 0 aliphatic carbocycles. The molecule has 28 heavy (non-hydrogen) atoms. The van der Waals surface area contributed by atoms with Gasteiger partial charge in [-0.2, -0.15) is 0 Å². The maximum absolute atomic E-state index is 12.5. The Morgan fingerprint density at radius 2 is 2.00 bits per heavy atom. The van der Waals surface area contributed by atoms with Crippen LogP contribution in [0.15, 0.2) is 59.7 Å². The number of ether oxygens (including phenoxy) is 1. The third-order valence-electron chi connectivity index (χ3n) is 4.64. The fourth-order valence-electron chi connectivity index (χ4n) is 3.09. The molecule has 1 N–H and O–H groups in total. The van der Waals surface area contributed by atoms with Crippen LogP contribution in [0.4, 0.5) is 0 Å². The molecule has 0 saturated heterocycles. The molecule has 0 fully saturated rings. The number of hydrogen-bond acceptors (Lipinski definition) is 5. The molecule has 1 heterocycles. The summed E-state index contributed by atoms with van der Waals surface area (Å²) < 4.78 is 6.61. The summed E-state index contributed by atoms with van der Waals surface area (Å²) in [7, 11) is 5.53. The predicted molar refractivity (Wildman–Crippen MR) is 108 cm³/mol. The highest BCUT2D eigenvalue weighted by atomic mass is 16.5. The maximum Gasteiger partial charge on any atom is 0.261 e. The number of amides is 1. The number of nitrogens with zero attached hydrogens (tertiary/aromatic N) is 3. The van der Waals surface area contributed by atoms with Crippen LogP contribution in [0.5, 0.6) is 5.75 Å². The highest BCUT2D eigenvalue weighted by Gasteiger charge is 2.16. The van der Waals surface area contributed by atoms with Gasteiger partial charge in [0.15, 0.2) is 0 Å². The van der Waals surface area contributed by atoms with E-state index >= 15 is 0 Å². The van der Waals surface area contributed by atoms with Crippen LogP contribution in [0.25, 0.3) is 10.9 Å². The van der Waals surface area contributed by atoms with Crippen LogP contribution < -0.4 is 15.6 Å². The normalized spacial score (nSPS) is 12.1. The van der Waals surface area contributed by atoms with E-state index in [1.165, 1.54) is 10.9 Å². The molecule has 146 valence electrons. The van der Waals surface area contributed by atoms with Gasteiger partial charge in [-0.1, -0.05) is 24.3 Å². The van der Waals surface area contributed by atoms with Crippen LogP contribution >= 0.6 is 0 Å². The molecule has 1 atom stereocenters. The highest BCUT2D eigenvalue weighted by molar-refractivity contribution is 5.78. The van der Waals surface area contributed by atoms with Crippen LogP contribution in [-0.4, -0.2) is 48.1 Å². The lowest BCUT2D eigenvalue weighted by atomic mass is 10.1. The average Bonchev–Trinajstić information content (AvgIpc) is 2.70. The summed E-state index contributed by atoms with van der Waals surface area (Å²) in [5, 5.41) is 3.42. The molecule has 0 aliphatic heterocycles. The Morgan fingerprint density at radius 3 is 2.75 bits per heavy atom. The van der Waals surface area contributed by atoms with Gasteiger partial charge in [0.1, 0.15) is 12.3 Å². The number of methoxy groups -OCH3 is 1. The zero-order valence-corrected chi connectivity index (χ0v) is 16.3. The molecule has 2 aromatic carbocycles. The van der Waals surface area contributed by atoms with Crippen molar-refractivity contribution in [2.45, 2.75) is 12.6 Å². The van der Waals surface area contributed by atoms with Gasteiger partial charge in [0, 0.05) is 6.54 Å². The number of carbonyl (C=O) groups excluding carboxylic acids is 1. The standard InChI is InChI=1S/C21H24N4O3/c1-24(2)19(15-7-6-8-16(11-15)28-3)12-22-20(26)13-25-14-23-18-10-5-4-9-17(18)21(25)27/h4-11,14,19H,12-13H2,1-3H3,(H,22,26)/t19-/m0/s1. The van der Waals surface area contributed by atoms with Crippen LogP contribution in [0.1, 0.15) is 11.6 Å². The Labute approximate surface area is 163 Å². The summed E-state index contributed by atoms with van der Waals surface area (Å²) in [5.74, 6) is 0.526. The van der Waals surface area contributed by atoms with Crippen molar-refractivity contribution in [3.8, 4) is 5.75 Å². The van der Waals surface area contributed by atoms with E-state index in [-0.39, 0.29) is 24.1 Å². The maximum atomic E-state index is 12.5. The van der Waals surface area contributed by atoms with Crippen LogP contribution in [0.3, 0.4) is 0 Å². The molecule has 0 radical (unpaired) electrons. The van der Waals surface area contributed by atoms with E-state index in [0.717, 1.165) is 11.3 Å². The molecule has 7 nitrogen and oxygen atoms in total. The summed E-state index contributed by atoms with van der Waals surface area (Å²) in [6.45, 7) is 0.337. The molecule has 1 amide bonds. The van der Waals surface area contributed by atoms with E-state index in [4.69, 9.17) is 4.74 Å². The Hall–Kier alpha value is -3.19. The SMILES string of the molecule is COc1cccc([C@H](CNC(=O)Cn2cnc3ccccc3c2=O)N(C)C)c1. The second kappa shape index (κ2) is 8.67. The molecule has 7 heteroatoms. The lowest BCUT2D eigenvalue weighted by Crippen LogP contribution is -2.37. The van der Waals surface area contributed by atoms with Gasteiger partial charge in [-0.05, 0) is 43.9 Å². The van der Waals surface area contributed by atoms with Gasteiger partial charge < -0.3 is 15.0 Å². The summed E-state index contributed by atoms with van der Waals surface area (Å²) in [6, 6.07) is 14.8. The number of hydrogen-bond donors (Lipinski definition) is 1. The van der Waals surface area contributed by atoms with Gasteiger partial charge in [0.2, 0.25) is 5.91 Å². The van der Waals surface area contributed by atoms with Crippen molar-refractivity contribution in [1.29, 1.82) is 0 Å². The van der Waals surface area contributed by atoms with E-state index in [1.807, 2.05) is 49.3 Å². The number of fused-ring (bicyclic) bond motifs is 1. The first kappa shape index (κ1) is 19.6. The van der Waals surface area contributed by atoms with E-state index < -0.39 is 0 Å². The van der Waals surface area contributed by atoms with Crippen molar-refractivity contribution in [2.24, 2.45) is 0 Å². The second-order valence-corrected chi connectivity index (χ2v) is 6.75.